The molecule has 2 aromatic rings. The van der Waals surface area contributed by atoms with Gasteiger partial charge in [0.25, 0.3) is 0 Å². The highest BCUT2D eigenvalue weighted by molar-refractivity contribution is 5.85. The minimum atomic E-state index is -0.791. The Morgan fingerprint density at radius 2 is 1.53 bits per heavy atom. The molecule has 2 spiro atoms. The number of nitrogens with one attached hydrogen (secondary N) is 2. The molecule has 13 rings (SSSR count). The van der Waals surface area contributed by atoms with Gasteiger partial charge in [-0.3, -0.25) is 10.6 Å². The van der Waals surface area contributed by atoms with Crippen LogP contribution in [0.5, 0.6) is 0 Å². The highest BCUT2D eigenvalue weighted by Gasteiger charge is 3.01. The van der Waals surface area contributed by atoms with E-state index in [2.05, 4.69) is 82.7 Å². The molecule has 3 saturated heterocycles. The number of benzene rings is 2. The summed E-state index contributed by atoms with van der Waals surface area (Å²) in [6.07, 6.45) is 17.2. The number of aliphatic hydroxyl groups is 2. The number of fused-ring (bicyclic) bond motifs is 5. The summed E-state index contributed by atoms with van der Waals surface area (Å²) in [5.41, 5.74) is 6.98. The quantitative estimate of drug-likeness (QED) is 0.119. The monoisotopic (exact) mass is 1020 g/mol. The number of hydrogen-bond donors (Lipinski definition) is 4. The molecule has 9 fully saturated rings. The lowest BCUT2D eigenvalue weighted by Crippen LogP contribution is -2.70. The van der Waals surface area contributed by atoms with Crippen molar-refractivity contribution in [2.24, 2.45) is 46.3 Å². The number of amides is 2. The highest BCUT2D eigenvalue weighted by atomic mass is 16.8. The Morgan fingerprint density at radius 3 is 2.23 bits per heavy atom. The summed E-state index contributed by atoms with van der Waals surface area (Å²) in [5.74, 6) is 3.09. The minimum absolute atomic E-state index is 0.0800. The van der Waals surface area contributed by atoms with E-state index in [9.17, 15) is 19.8 Å². The summed E-state index contributed by atoms with van der Waals surface area (Å²) >= 11 is 0. The van der Waals surface area contributed by atoms with Gasteiger partial charge in [0, 0.05) is 29.6 Å². The van der Waals surface area contributed by atoms with E-state index >= 15 is 0 Å². The van der Waals surface area contributed by atoms with E-state index in [1.807, 2.05) is 48.5 Å². The Balaban J connectivity index is 0.607. The van der Waals surface area contributed by atoms with Crippen LogP contribution in [0.25, 0.3) is 0 Å². The minimum Gasteiger partial charge on any atom is -0.490 e. The maximum absolute atomic E-state index is 14.0. The van der Waals surface area contributed by atoms with Crippen LogP contribution in [0.2, 0.25) is 0 Å². The molecule has 4 N–H and O–H groups in total. The van der Waals surface area contributed by atoms with Gasteiger partial charge < -0.3 is 38.6 Å². The largest absolute Gasteiger partial charge is 0.490 e. The second-order valence-electron chi connectivity index (χ2n) is 25.4. The van der Waals surface area contributed by atoms with Crippen LogP contribution in [0.3, 0.4) is 0 Å². The number of rotatable bonds is 12. The lowest BCUT2D eigenvalue weighted by molar-refractivity contribution is -0.0988. The van der Waals surface area contributed by atoms with Crippen molar-refractivity contribution in [3.05, 3.63) is 131 Å². The van der Waals surface area contributed by atoms with Crippen LogP contribution in [0.15, 0.2) is 120 Å². The van der Waals surface area contributed by atoms with E-state index in [4.69, 9.17) is 28.4 Å². The maximum Gasteiger partial charge on any atom is 0.412 e. The van der Waals surface area contributed by atoms with Crippen molar-refractivity contribution in [1.29, 1.82) is 0 Å². The Morgan fingerprint density at radius 1 is 0.827 bits per heavy atom. The fourth-order valence-electron chi connectivity index (χ4n) is 16.8. The molecule has 398 valence electrons. The van der Waals surface area contributed by atoms with Crippen LogP contribution in [0.4, 0.5) is 21.0 Å². The molecule has 11 aliphatic rings. The second kappa shape index (κ2) is 17.8. The smallest absolute Gasteiger partial charge is 0.412 e. The van der Waals surface area contributed by atoms with Crippen molar-refractivity contribution in [3.8, 4) is 0 Å². The average molecular weight is 1020 g/mol. The van der Waals surface area contributed by atoms with Crippen LogP contribution >= 0.6 is 0 Å². The van der Waals surface area contributed by atoms with Gasteiger partial charge in [0.1, 0.15) is 41.9 Å². The van der Waals surface area contributed by atoms with Crippen molar-refractivity contribution in [3.63, 3.8) is 0 Å². The summed E-state index contributed by atoms with van der Waals surface area (Å²) in [6.45, 7) is 20.4. The molecule has 4 heterocycles. The van der Waals surface area contributed by atoms with Crippen LogP contribution in [0.1, 0.15) is 123 Å². The number of aliphatic hydroxyl groups excluding tert-OH is 2. The highest BCUT2D eigenvalue weighted by Crippen LogP contribution is 2.83. The molecule has 3 unspecified atom stereocenters. The van der Waals surface area contributed by atoms with Crippen molar-refractivity contribution in [1.82, 2.24) is 0 Å². The van der Waals surface area contributed by atoms with Crippen LogP contribution in [-0.2, 0) is 34.8 Å². The molecule has 2 amide bonds. The molecule has 12 heteroatoms. The predicted molar refractivity (Wildman–Crippen MR) is 284 cm³/mol. The van der Waals surface area contributed by atoms with E-state index in [1.165, 1.54) is 36.0 Å². The van der Waals surface area contributed by atoms with Crippen LogP contribution < -0.4 is 10.6 Å². The Bertz CT molecular complexity index is 2830. The van der Waals surface area contributed by atoms with Crippen LogP contribution in [-0.4, -0.2) is 88.5 Å². The average Bonchev–Trinajstić information content (AvgIpc) is 4.35. The third-order valence-electron chi connectivity index (χ3n) is 21.1. The molecule has 75 heavy (non-hydrogen) atoms. The number of carbonyl (C=O) groups excluding carboxylic acids is 2. The number of epoxide rings is 3. The van der Waals surface area contributed by atoms with Gasteiger partial charge in [-0.25, -0.2) is 9.59 Å². The SMILES string of the molecule is C=C1OCC2=C1CC[C@@]1(C)[C@H]2C[C@@H]2O[C@@]23[C@H](OC(=O)Nc2ccc(Cc4ccc(NC(=O)O[C@@H]5C/C(=C/C=C6\CCC[C@@]7(C)C6CCC7[C@@H](C)/C=C/C(O)C6CC6)C(=C)[C@@H](O)C5)cc4)cc2)[C@@]2(C(C)C)O[C@H]2[C@@H]2O[C@@]231. The Labute approximate surface area is 442 Å². The maximum atomic E-state index is 14.0. The molecule has 4 aliphatic heterocycles. The molecule has 16 atom stereocenters. The van der Waals surface area contributed by atoms with Gasteiger partial charge in [-0.1, -0.05) is 102 Å². The zero-order valence-corrected chi connectivity index (χ0v) is 44.4. The van der Waals surface area contributed by atoms with E-state index in [0.29, 0.717) is 66.5 Å². The molecule has 2 aromatic carbocycles. The zero-order chi connectivity index (χ0) is 52.0. The third-order valence-corrected chi connectivity index (χ3v) is 21.1. The topological polar surface area (TPSA) is 164 Å². The van der Waals surface area contributed by atoms with E-state index in [-0.39, 0.29) is 47.1 Å². The molecule has 0 radical (unpaired) electrons. The van der Waals surface area contributed by atoms with E-state index in [1.54, 1.807) is 0 Å². The fourth-order valence-corrected chi connectivity index (χ4v) is 16.8. The second-order valence-corrected chi connectivity index (χ2v) is 25.4. The normalized spacial score (nSPS) is 41.6. The predicted octanol–water partition coefficient (Wildman–Crippen LogP) is 11.6. The van der Waals surface area contributed by atoms with Crippen molar-refractivity contribution in [2.45, 2.75) is 178 Å². The van der Waals surface area contributed by atoms with Gasteiger partial charge in [0.2, 0.25) is 0 Å². The number of anilines is 2. The number of hydrogen-bond acceptors (Lipinski definition) is 10. The lowest BCUT2D eigenvalue weighted by Gasteiger charge is -2.53. The first-order valence-corrected chi connectivity index (χ1v) is 28.3. The summed E-state index contributed by atoms with van der Waals surface area (Å²) in [4.78, 5) is 27.2. The summed E-state index contributed by atoms with van der Waals surface area (Å²) in [7, 11) is 0. The van der Waals surface area contributed by atoms with Gasteiger partial charge in [-0.15, -0.1) is 0 Å². The molecule has 12 nitrogen and oxygen atoms in total. The van der Waals surface area contributed by atoms with Crippen molar-refractivity contribution >= 4 is 23.6 Å². The van der Waals surface area contributed by atoms with E-state index in [0.717, 1.165) is 67.4 Å². The first-order valence-electron chi connectivity index (χ1n) is 28.3. The first kappa shape index (κ1) is 49.6. The summed E-state index contributed by atoms with van der Waals surface area (Å²) in [5, 5.41) is 27.4. The van der Waals surface area contributed by atoms with Crippen molar-refractivity contribution in [2.75, 3.05) is 17.2 Å². The van der Waals surface area contributed by atoms with Gasteiger partial charge >= 0.3 is 12.2 Å². The number of allylic oxidation sites excluding steroid dienone is 5. The van der Waals surface area contributed by atoms with Gasteiger partial charge in [-0.2, -0.15) is 0 Å². The number of ether oxygens (including phenoxy) is 6. The molecule has 7 aliphatic carbocycles. The Hall–Kier alpha value is -4.98. The standard InChI is InChI=1S/C63H76N2O10/c1-34(2)61-54(74-61)55-63(75-55)60(7)28-26-46-37(5)70-33-47(46)50(60)32-53-62(63,73-53)56(61)72-58(69)65-44-21-13-39(14-22-44)29-38-11-19-43(20-12-38)64-57(68)71-45-30-42(36(4)52(67)31-45)18-15-40-9-8-27-59(6)48(23-24-49(40)59)35(3)10-25-51(66)41-16-17-41/h10-15,18-22,25,34-35,41,45,48-56,66-67H,4-5,8-9,16-17,23-24,26-33H2,1-3,6-7H3,(H,64,68)(H,65,69)/b25-10+,40-15+,42-18-/t35-,45+,48?,49?,50-,51?,52-,53-,54-,55-,56+,59+,60-,61-,62+,63+/m0/s1. The summed E-state index contributed by atoms with van der Waals surface area (Å²) in [6, 6.07) is 15.5. The number of carbonyl (C=O) groups is 2. The van der Waals surface area contributed by atoms with Crippen LogP contribution in [0, 0.1) is 46.3 Å². The first-order chi connectivity index (χ1) is 36.0. The van der Waals surface area contributed by atoms with Crippen molar-refractivity contribution < 1.29 is 48.2 Å². The van der Waals surface area contributed by atoms with Gasteiger partial charge in [0.05, 0.1) is 18.3 Å². The van der Waals surface area contributed by atoms with Gasteiger partial charge in [0.15, 0.2) is 11.7 Å². The Kier molecular flexibility index (Phi) is 11.8. The molecule has 0 bridgehead atoms. The third kappa shape index (κ3) is 7.75. The molecule has 6 saturated carbocycles. The molecular weight excluding hydrogens is 945 g/mol. The lowest BCUT2D eigenvalue weighted by atomic mass is 9.46. The van der Waals surface area contributed by atoms with Gasteiger partial charge in [-0.05, 0) is 169 Å². The van der Waals surface area contributed by atoms with E-state index < -0.39 is 47.3 Å². The summed E-state index contributed by atoms with van der Waals surface area (Å²) < 4.78 is 38.8. The molecular formula is C63H76N2O10. The fraction of sp³-hybridized carbons (Fsp3) is 0.587. The zero-order valence-electron chi connectivity index (χ0n) is 44.4. The molecule has 0 aromatic heterocycles.